The Balaban J connectivity index is 1.17. The average molecular weight is 530 g/mol. The molecule has 5 aromatic rings. The van der Waals surface area contributed by atoms with Gasteiger partial charge in [-0.2, -0.15) is 0 Å². The summed E-state index contributed by atoms with van der Waals surface area (Å²) in [6, 6.07) is 31.7. The lowest BCUT2D eigenvalue weighted by molar-refractivity contribution is 0.0342. The number of hydrogen-bond donors (Lipinski definition) is 2. The highest BCUT2D eigenvalue weighted by molar-refractivity contribution is 6.05. The molecule has 0 saturated carbocycles. The molecule has 0 spiro atoms. The van der Waals surface area contributed by atoms with Gasteiger partial charge in [0, 0.05) is 47.5 Å². The first-order valence-electron chi connectivity index (χ1n) is 13.5. The van der Waals surface area contributed by atoms with Crippen LogP contribution in [0.3, 0.4) is 0 Å². The van der Waals surface area contributed by atoms with Crippen molar-refractivity contribution in [3.05, 3.63) is 114 Å². The SMILES string of the molecule is Cc1ccc(CN2CCOCC2)cc1NC(=O)c1ccc(Nc2nc(-c3ccccc3)c3ccccc3n2)cc1. The topological polar surface area (TPSA) is 79.4 Å². The summed E-state index contributed by atoms with van der Waals surface area (Å²) in [5, 5.41) is 7.40. The number of amides is 1. The van der Waals surface area contributed by atoms with E-state index in [-0.39, 0.29) is 5.91 Å². The predicted octanol–water partition coefficient (Wildman–Crippen LogP) is 6.43. The fourth-order valence-electron chi connectivity index (χ4n) is 4.90. The zero-order chi connectivity index (χ0) is 27.3. The maximum absolute atomic E-state index is 13.1. The summed E-state index contributed by atoms with van der Waals surface area (Å²) in [5.41, 5.74) is 7.17. The Labute approximate surface area is 233 Å². The summed E-state index contributed by atoms with van der Waals surface area (Å²) in [4.78, 5) is 25.0. The van der Waals surface area contributed by atoms with E-state index in [4.69, 9.17) is 14.7 Å². The first kappa shape index (κ1) is 25.7. The molecule has 4 aromatic carbocycles. The van der Waals surface area contributed by atoms with Gasteiger partial charge in [0.1, 0.15) is 0 Å². The number of morpholine rings is 1. The number of para-hydroxylation sites is 1. The van der Waals surface area contributed by atoms with Crippen molar-refractivity contribution in [2.24, 2.45) is 0 Å². The lowest BCUT2D eigenvalue weighted by Crippen LogP contribution is -2.35. The van der Waals surface area contributed by atoms with Crippen molar-refractivity contribution in [3.8, 4) is 11.3 Å². The van der Waals surface area contributed by atoms with Gasteiger partial charge in [-0.3, -0.25) is 9.69 Å². The molecule has 200 valence electrons. The number of nitrogens with one attached hydrogen (secondary N) is 2. The van der Waals surface area contributed by atoms with E-state index < -0.39 is 0 Å². The van der Waals surface area contributed by atoms with Crippen molar-refractivity contribution in [2.45, 2.75) is 13.5 Å². The molecular weight excluding hydrogens is 498 g/mol. The zero-order valence-electron chi connectivity index (χ0n) is 22.4. The van der Waals surface area contributed by atoms with Gasteiger partial charge in [0.2, 0.25) is 5.95 Å². The van der Waals surface area contributed by atoms with E-state index in [0.29, 0.717) is 11.5 Å². The molecule has 1 aliphatic rings. The molecule has 7 heteroatoms. The Bertz CT molecular complexity index is 1630. The van der Waals surface area contributed by atoms with Crippen molar-refractivity contribution >= 4 is 34.1 Å². The van der Waals surface area contributed by atoms with Crippen LogP contribution < -0.4 is 10.6 Å². The summed E-state index contributed by atoms with van der Waals surface area (Å²) in [6.07, 6.45) is 0. The maximum atomic E-state index is 13.1. The Hall–Kier alpha value is -4.59. The lowest BCUT2D eigenvalue weighted by atomic mass is 10.1. The molecule has 1 amide bonds. The molecule has 0 radical (unpaired) electrons. The number of nitrogens with zero attached hydrogens (tertiary/aromatic N) is 3. The van der Waals surface area contributed by atoms with Crippen molar-refractivity contribution in [2.75, 3.05) is 36.9 Å². The predicted molar refractivity (Wildman–Crippen MR) is 160 cm³/mol. The molecule has 1 aromatic heterocycles. The average Bonchev–Trinajstić information content (AvgIpc) is 3.00. The summed E-state index contributed by atoms with van der Waals surface area (Å²) in [5.74, 6) is 0.356. The van der Waals surface area contributed by atoms with Gasteiger partial charge < -0.3 is 15.4 Å². The Morgan fingerprint density at radius 3 is 2.42 bits per heavy atom. The molecule has 1 saturated heterocycles. The molecule has 2 N–H and O–H groups in total. The van der Waals surface area contributed by atoms with Crippen molar-refractivity contribution in [1.29, 1.82) is 0 Å². The minimum absolute atomic E-state index is 0.147. The number of carbonyl (C=O) groups is 1. The number of aryl methyl sites for hydroxylation is 1. The summed E-state index contributed by atoms with van der Waals surface area (Å²) < 4.78 is 5.45. The molecule has 7 nitrogen and oxygen atoms in total. The number of ether oxygens (including phenoxy) is 1. The molecule has 0 atom stereocenters. The molecule has 0 bridgehead atoms. The number of carbonyl (C=O) groups excluding carboxylic acids is 1. The highest BCUT2D eigenvalue weighted by atomic mass is 16.5. The molecule has 0 aliphatic carbocycles. The zero-order valence-corrected chi connectivity index (χ0v) is 22.4. The Morgan fingerprint density at radius 2 is 1.62 bits per heavy atom. The molecule has 40 heavy (non-hydrogen) atoms. The van der Waals surface area contributed by atoms with Gasteiger partial charge in [0.25, 0.3) is 5.91 Å². The largest absolute Gasteiger partial charge is 0.379 e. The second-order valence-corrected chi connectivity index (χ2v) is 9.97. The van der Waals surface area contributed by atoms with E-state index in [9.17, 15) is 4.79 Å². The monoisotopic (exact) mass is 529 g/mol. The van der Waals surface area contributed by atoms with E-state index in [1.54, 1.807) is 0 Å². The third kappa shape index (κ3) is 5.86. The molecule has 2 heterocycles. The van der Waals surface area contributed by atoms with Crippen LogP contribution in [0.4, 0.5) is 17.3 Å². The lowest BCUT2D eigenvalue weighted by Gasteiger charge is -2.26. The van der Waals surface area contributed by atoms with Crippen LogP contribution >= 0.6 is 0 Å². The van der Waals surface area contributed by atoms with Gasteiger partial charge in [-0.15, -0.1) is 0 Å². The smallest absolute Gasteiger partial charge is 0.255 e. The standard InChI is InChI=1S/C33H31N5O2/c1-23-11-12-24(22-38-17-19-40-20-18-38)21-30(23)35-32(39)26-13-15-27(16-14-26)34-33-36-29-10-6-5-9-28(29)31(37-33)25-7-3-2-4-8-25/h2-16,21H,17-20,22H2,1H3,(H,35,39)(H,34,36,37). The van der Waals surface area contributed by atoms with Crippen LogP contribution in [0.1, 0.15) is 21.5 Å². The van der Waals surface area contributed by atoms with Gasteiger partial charge in [-0.25, -0.2) is 9.97 Å². The maximum Gasteiger partial charge on any atom is 0.255 e. The molecule has 6 rings (SSSR count). The minimum atomic E-state index is -0.147. The Kier molecular flexibility index (Phi) is 7.48. The van der Waals surface area contributed by atoms with Gasteiger partial charge in [-0.05, 0) is 54.4 Å². The van der Waals surface area contributed by atoms with Crippen LogP contribution in [-0.4, -0.2) is 47.1 Å². The Morgan fingerprint density at radius 1 is 0.875 bits per heavy atom. The summed E-state index contributed by atoms with van der Waals surface area (Å²) in [6.45, 7) is 6.23. The molecule has 1 aliphatic heterocycles. The van der Waals surface area contributed by atoms with Gasteiger partial charge in [-0.1, -0.05) is 60.7 Å². The number of benzene rings is 4. The highest BCUT2D eigenvalue weighted by Gasteiger charge is 2.14. The number of hydrogen-bond acceptors (Lipinski definition) is 6. The van der Waals surface area contributed by atoms with Crippen molar-refractivity contribution < 1.29 is 9.53 Å². The van der Waals surface area contributed by atoms with E-state index in [0.717, 1.165) is 71.9 Å². The van der Waals surface area contributed by atoms with E-state index in [1.165, 1.54) is 5.56 Å². The van der Waals surface area contributed by atoms with E-state index in [2.05, 4.69) is 33.7 Å². The van der Waals surface area contributed by atoms with Crippen LogP contribution in [0.25, 0.3) is 22.2 Å². The quantitative estimate of drug-likeness (QED) is 0.253. The van der Waals surface area contributed by atoms with Crippen LogP contribution in [0.2, 0.25) is 0 Å². The number of aromatic nitrogens is 2. The molecular formula is C33H31N5O2. The third-order valence-corrected chi connectivity index (χ3v) is 7.11. The second-order valence-electron chi connectivity index (χ2n) is 9.97. The number of rotatable bonds is 7. The van der Waals surface area contributed by atoms with Crippen LogP contribution in [-0.2, 0) is 11.3 Å². The van der Waals surface area contributed by atoms with Crippen LogP contribution in [0.15, 0.2) is 97.1 Å². The summed E-state index contributed by atoms with van der Waals surface area (Å²) >= 11 is 0. The van der Waals surface area contributed by atoms with Crippen LogP contribution in [0.5, 0.6) is 0 Å². The van der Waals surface area contributed by atoms with Crippen molar-refractivity contribution in [1.82, 2.24) is 14.9 Å². The fourth-order valence-corrected chi connectivity index (χ4v) is 4.90. The van der Waals surface area contributed by atoms with E-state index in [1.807, 2.05) is 85.8 Å². The van der Waals surface area contributed by atoms with E-state index >= 15 is 0 Å². The first-order valence-corrected chi connectivity index (χ1v) is 13.5. The first-order chi connectivity index (χ1) is 19.6. The van der Waals surface area contributed by atoms with Gasteiger partial charge in [0.15, 0.2) is 0 Å². The normalized spacial score (nSPS) is 13.7. The highest BCUT2D eigenvalue weighted by Crippen LogP contribution is 2.28. The van der Waals surface area contributed by atoms with Crippen LogP contribution in [0, 0.1) is 6.92 Å². The second kappa shape index (κ2) is 11.7. The van der Waals surface area contributed by atoms with Gasteiger partial charge in [0.05, 0.1) is 24.4 Å². The molecule has 1 fully saturated rings. The number of fused-ring (bicyclic) bond motifs is 1. The molecule has 0 unspecified atom stereocenters. The van der Waals surface area contributed by atoms with Gasteiger partial charge >= 0.3 is 0 Å². The fraction of sp³-hybridized carbons (Fsp3) is 0.182. The number of anilines is 3. The van der Waals surface area contributed by atoms with Crippen molar-refractivity contribution in [3.63, 3.8) is 0 Å². The third-order valence-electron chi connectivity index (χ3n) is 7.11. The summed E-state index contributed by atoms with van der Waals surface area (Å²) in [7, 11) is 0. The minimum Gasteiger partial charge on any atom is -0.379 e.